The van der Waals surface area contributed by atoms with Gasteiger partial charge in [-0.15, -0.1) is 30.7 Å². The molecule has 41 heteroatoms. The van der Waals surface area contributed by atoms with Crippen molar-refractivity contribution in [3.8, 4) is 5.75 Å². The zero-order chi connectivity index (χ0) is 54.5. The molecule has 0 aromatic heterocycles. The molecule has 0 spiro atoms. The maximum absolute atomic E-state index is 13.0. The van der Waals surface area contributed by atoms with E-state index in [4.69, 9.17) is 29.9 Å². The van der Waals surface area contributed by atoms with Crippen LogP contribution in [0.15, 0.2) is 116 Å². The number of benzene rings is 4. The predicted molar refractivity (Wildman–Crippen MR) is 242 cm³/mol. The molecule has 0 aliphatic rings. The van der Waals surface area contributed by atoms with Gasteiger partial charge in [0.2, 0.25) is 0 Å². The Morgan fingerprint density at radius 1 is 0.417 bits per heavy atom. The Morgan fingerprint density at radius 2 is 0.736 bits per heavy atom. The van der Waals surface area contributed by atoms with Gasteiger partial charge in [-0.25, -0.2) is 37.8 Å². The van der Waals surface area contributed by atoms with Crippen LogP contribution in [0.3, 0.4) is 0 Å². The first-order valence-electron chi connectivity index (χ1n) is 18.3. The number of rotatable bonds is 24. The molecule has 0 fully saturated rings. The SMILES string of the molecule is COc1ccc(S(=O)(=O)CCOS(=O)(=O)O)cc1N=Nc1cc(N=Nc2ccc(S(=O)(=O)CCOS(=O)(=O)O)cc2S(=O)(=O)O)c(N)c(N=Nc2ccc(S(=O)(=O)CCOS(=O)(=O)O)cc2S(=O)(=O)O)c1N. The van der Waals surface area contributed by atoms with E-state index < -0.39 is 182 Å². The Hall–Kier alpha value is -5.64. The molecule has 72 heavy (non-hydrogen) atoms. The van der Waals surface area contributed by atoms with Crippen molar-refractivity contribution in [1.29, 1.82) is 0 Å². The smallest absolute Gasteiger partial charge is 0.397 e. The zero-order valence-corrected chi connectivity index (χ0v) is 42.1. The molecule has 0 heterocycles. The fourth-order valence-electron chi connectivity index (χ4n) is 5.26. The van der Waals surface area contributed by atoms with Gasteiger partial charge in [-0.05, 0) is 60.7 Å². The topological polar surface area (TPSA) is 537 Å². The molecule has 9 N–H and O–H groups in total. The van der Waals surface area contributed by atoms with Gasteiger partial charge in [0.15, 0.2) is 29.5 Å². The van der Waals surface area contributed by atoms with Gasteiger partial charge in [0.05, 0.1) is 70.3 Å². The Morgan fingerprint density at radius 3 is 1.08 bits per heavy atom. The lowest BCUT2D eigenvalue weighted by molar-refractivity contribution is 0.282. The number of ether oxygens (including phenoxy) is 1. The maximum atomic E-state index is 13.0. The third-order valence-electron chi connectivity index (χ3n) is 8.52. The van der Waals surface area contributed by atoms with E-state index in [0.29, 0.717) is 24.3 Å². The second-order valence-electron chi connectivity index (χ2n) is 13.4. The van der Waals surface area contributed by atoms with Crippen molar-refractivity contribution in [1.82, 2.24) is 0 Å². The minimum absolute atomic E-state index is 0.163. The molecule has 4 aromatic carbocycles. The molecule has 0 amide bonds. The van der Waals surface area contributed by atoms with Gasteiger partial charge in [-0.3, -0.25) is 22.8 Å². The summed E-state index contributed by atoms with van der Waals surface area (Å²) in [5.74, 6) is -3.44. The lowest BCUT2D eigenvalue weighted by Crippen LogP contribution is -2.16. The van der Waals surface area contributed by atoms with E-state index in [2.05, 4.69) is 43.2 Å². The van der Waals surface area contributed by atoms with Gasteiger partial charge in [-0.2, -0.15) is 42.1 Å². The average molecular weight is 1180 g/mol. The summed E-state index contributed by atoms with van der Waals surface area (Å²) in [7, 11) is -38.5. The standard InChI is InChI=1S/C31H34N8O25S8/c1-61-26-7-4-18(65(40,41)11-8-62-70(52,53)54)14-23(26)36-38-25-17-24(37-34-21-5-2-19(15-27(21)68(46,47)48)66(42,43)12-9-63-71(55,56)57)29(32)31(30(25)33)39-35-22-6-3-20(16-28(22)69(49,50)51)67(44,45)13-10-64-72(58,59)60/h2-7,14-17H,8-13,32-33H2,1H3,(H,46,47,48)(H,49,50,51)(H,52,53,54)(H,55,56,57)(H,58,59,60). The molecule has 0 aliphatic heterocycles. The summed E-state index contributed by atoms with van der Waals surface area (Å²) in [6, 6.07) is 7.45. The molecule has 396 valence electrons. The number of nitrogen functional groups attached to an aromatic ring is 2. The summed E-state index contributed by atoms with van der Waals surface area (Å²) in [4.78, 5) is -4.68. The molecular weight excluding hydrogens is 1140 g/mol. The van der Waals surface area contributed by atoms with Crippen LogP contribution < -0.4 is 16.2 Å². The minimum atomic E-state index is -5.41. The zero-order valence-electron chi connectivity index (χ0n) is 35.5. The summed E-state index contributed by atoms with van der Waals surface area (Å²) in [6.45, 7) is -3.28. The van der Waals surface area contributed by atoms with E-state index in [9.17, 15) is 76.4 Å². The van der Waals surface area contributed by atoms with Crippen molar-refractivity contribution >= 4 is 126 Å². The number of hydrogen-bond donors (Lipinski definition) is 7. The van der Waals surface area contributed by atoms with Crippen LogP contribution in [0.2, 0.25) is 0 Å². The molecule has 33 nitrogen and oxygen atoms in total. The maximum Gasteiger partial charge on any atom is 0.397 e. The first-order valence-corrected chi connectivity index (χ1v) is 30.2. The van der Waals surface area contributed by atoms with Crippen molar-refractivity contribution in [2.24, 2.45) is 30.7 Å². The Balaban J connectivity index is 1.94. The fraction of sp³-hybridized carbons (Fsp3) is 0.226. The van der Waals surface area contributed by atoms with Crippen LogP contribution in [-0.2, 0) is 93.5 Å². The molecule has 0 saturated carbocycles. The van der Waals surface area contributed by atoms with Crippen LogP contribution in [-0.4, -0.2) is 134 Å². The second kappa shape index (κ2) is 22.2. The van der Waals surface area contributed by atoms with E-state index in [1.54, 1.807) is 0 Å². The second-order valence-corrected chi connectivity index (χ2v) is 25.8. The highest BCUT2D eigenvalue weighted by molar-refractivity contribution is 7.92. The number of nitrogens with two attached hydrogens (primary N) is 2. The Bertz CT molecular complexity index is 3810. The highest BCUT2D eigenvalue weighted by Crippen LogP contribution is 2.46. The molecule has 4 rings (SSSR count). The van der Waals surface area contributed by atoms with Crippen LogP contribution in [0.1, 0.15) is 0 Å². The van der Waals surface area contributed by atoms with Crippen molar-refractivity contribution < 1.29 is 107 Å². The van der Waals surface area contributed by atoms with Crippen molar-refractivity contribution in [3.63, 3.8) is 0 Å². The quantitative estimate of drug-likeness (QED) is 0.0301. The number of hydrogen-bond acceptors (Lipinski definition) is 28. The highest BCUT2D eigenvalue weighted by atomic mass is 32.3. The third kappa shape index (κ3) is 16.7. The molecule has 0 saturated heterocycles. The number of azo groups is 3. The predicted octanol–water partition coefficient (Wildman–Crippen LogP) is 2.38. The lowest BCUT2D eigenvalue weighted by Gasteiger charge is -2.11. The minimum Gasteiger partial charge on any atom is -0.494 e. The van der Waals surface area contributed by atoms with E-state index in [1.165, 1.54) is 0 Å². The number of anilines is 2. The molecule has 0 bridgehead atoms. The fourth-order valence-corrected chi connectivity index (χ4v) is 11.2. The van der Waals surface area contributed by atoms with Gasteiger partial charge >= 0.3 is 31.2 Å². The summed E-state index contributed by atoms with van der Waals surface area (Å²) in [5, 5.41) is 22.9. The van der Waals surface area contributed by atoms with Crippen molar-refractivity contribution in [3.05, 3.63) is 60.7 Å². The Kier molecular flexibility index (Phi) is 18.2. The summed E-state index contributed by atoms with van der Waals surface area (Å²) in [5.41, 5.74) is 7.33. The highest BCUT2D eigenvalue weighted by Gasteiger charge is 2.26. The summed E-state index contributed by atoms with van der Waals surface area (Å²) in [6.07, 6.45) is 0. The van der Waals surface area contributed by atoms with E-state index in [1.807, 2.05) is 0 Å². The van der Waals surface area contributed by atoms with Gasteiger partial charge in [0.1, 0.15) is 49.7 Å². The largest absolute Gasteiger partial charge is 0.494 e. The molecule has 0 atom stereocenters. The van der Waals surface area contributed by atoms with Gasteiger partial charge in [-0.1, -0.05) is 0 Å². The number of nitrogens with zero attached hydrogens (tertiary/aromatic N) is 6. The van der Waals surface area contributed by atoms with Gasteiger partial charge in [0.25, 0.3) is 20.2 Å². The van der Waals surface area contributed by atoms with E-state index in [0.717, 1.165) is 43.5 Å². The summed E-state index contributed by atoms with van der Waals surface area (Å²) < 4.78 is 256. The average Bonchev–Trinajstić information content (AvgIpc) is 3.23. The summed E-state index contributed by atoms with van der Waals surface area (Å²) >= 11 is 0. The van der Waals surface area contributed by atoms with E-state index in [-0.39, 0.29) is 11.4 Å². The molecular formula is C31H34N8O25S8. The Labute approximate surface area is 408 Å². The molecule has 0 unspecified atom stereocenters. The van der Waals surface area contributed by atoms with Crippen molar-refractivity contribution in [2.45, 2.75) is 24.5 Å². The third-order valence-corrected chi connectivity index (χ3v) is 16.7. The van der Waals surface area contributed by atoms with Crippen LogP contribution in [0.4, 0.5) is 45.5 Å². The monoisotopic (exact) mass is 1170 g/mol. The number of methoxy groups -OCH3 is 1. The van der Waals surface area contributed by atoms with E-state index >= 15 is 0 Å². The van der Waals surface area contributed by atoms with Crippen LogP contribution >= 0.6 is 0 Å². The van der Waals surface area contributed by atoms with Crippen molar-refractivity contribution in [2.75, 3.05) is 55.7 Å². The first kappa shape index (κ1) is 58.9. The van der Waals surface area contributed by atoms with Crippen LogP contribution in [0, 0.1) is 0 Å². The normalized spacial score (nSPS) is 13.6. The molecule has 4 aromatic rings. The molecule has 0 aliphatic carbocycles. The first-order chi connectivity index (χ1) is 32.8. The number of sulfone groups is 3. The van der Waals surface area contributed by atoms with Gasteiger partial charge < -0.3 is 16.2 Å². The van der Waals surface area contributed by atoms with Gasteiger partial charge in [0, 0.05) is 0 Å². The van der Waals surface area contributed by atoms with Crippen LogP contribution in [0.5, 0.6) is 5.75 Å². The lowest BCUT2D eigenvalue weighted by atomic mass is 10.2. The molecule has 0 radical (unpaired) electrons. The van der Waals surface area contributed by atoms with Crippen LogP contribution in [0.25, 0.3) is 0 Å².